The van der Waals surface area contributed by atoms with Gasteiger partial charge in [-0.25, -0.2) is 0 Å². The van der Waals surface area contributed by atoms with Crippen LogP contribution in [0.25, 0.3) is 0 Å². The predicted octanol–water partition coefficient (Wildman–Crippen LogP) is 5.03. The van der Waals surface area contributed by atoms with E-state index in [4.69, 9.17) is 4.42 Å². The molecule has 1 aromatic heterocycles. The minimum absolute atomic E-state index is 0. The Morgan fingerprint density at radius 2 is 1.66 bits per heavy atom. The SMILES string of the molecule is CN=C(NCc1ccc(NC(=O)c2ccco2)cc1)NCc1cccc(C(F)(F)F)c1.I. The molecule has 170 valence electrons. The molecule has 2 aromatic carbocycles. The number of guanidine groups is 1. The summed E-state index contributed by atoms with van der Waals surface area (Å²) in [6, 6.07) is 15.5. The van der Waals surface area contributed by atoms with E-state index >= 15 is 0 Å². The van der Waals surface area contributed by atoms with Gasteiger partial charge >= 0.3 is 6.18 Å². The van der Waals surface area contributed by atoms with Crippen LogP contribution in [0.4, 0.5) is 18.9 Å². The molecule has 1 amide bonds. The Balaban J connectivity index is 0.00000363. The largest absolute Gasteiger partial charge is 0.459 e. The van der Waals surface area contributed by atoms with Crippen molar-refractivity contribution in [2.45, 2.75) is 19.3 Å². The van der Waals surface area contributed by atoms with Gasteiger partial charge in [-0.15, -0.1) is 24.0 Å². The van der Waals surface area contributed by atoms with Crippen LogP contribution in [0.3, 0.4) is 0 Å². The smallest absolute Gasteiger partial charge is 0.416 e. The van der Waals surface area contributed by atoms with E-state index in [1.807, 2.05) is 12.1 Å². The molecular formula is C22H22F3IN4O2. The van der Waals surface area contributed by atoms with Crippen LogP contribution in [0.2, 0.25) is 0 Å². The van der Waals surface area contributed by atoms with Gasteiger partial charge in [-0.1, -0.05) is 24.3 Å². The zero-order valence-corrected chi connectivity index (χ0v) is 19.4. The second-order valence-corrected chi connectivity index (χ2v) is 6.61. The summed E-state index contributed by atoms with van der Waals surface area (Å²) in [4.78, 5) is 16.1. The maximum Gasteiger partial charge on any atom is 0.416 e. The summed E-state index contributed by atoms with van der Waals surface area (Å²) in [5.41, 5.74) is 1.36. The van der Waals surface area contributed by atoms with Crippen molar-refractivity contribution in [1.82, 2.24) is 10.6 Å². The molecule has 3 N–H and O–H groups in total. The monoisotopic (exact) mass is 558 g/mol. The van der Waals surface area contributed by atoms with E-state index in [-0.39, 0.29) is 42.2 Å². The van der Waals surface area contributed by atoms with Gasteiger partial charge in [0.05, 0.1) is 11.8 Å². The number of benzene rings is 2. The van der Waals surface area contributed by atoms with Gasteiger partial charge < -0.3 is 20.4 Å². The van der Waals surface area contributed by atoms with Gasteiger partial charge in [0.25, 0.3) is 5.91 Å². The van der Waals surface area contributed by atoms with Crippen LogP contribution < -0.4 is 16.0 Å². The number of hydrogen-bond donors (Lipinski definition) is 3. The number of halogens is 4. The third kappa shape index (κ3) is 7.29. The molecule has 0 radical (unpaired) electrons. The van der Waals surface area contributed by atoms with Gasteiger partial charge in [0.1, 0.15) is 0 Å². The lowest BCUT2D eigenvalue weighted by Crippen LogP contribution is -2.36. The first-order valence-electron chi connectivity index (χ1n) is 9.39. The molecule has 3 aromatic rings. The van der Waals surface area contributed by atoms with Gasteiger partial charge in [-0.05, 0) is 47.5 Å². The average molecular weight is 558 g/mol. The van der Waals surface area contributed by atoms with Gasteiger partial charge in [0.15, 0.2) is 11.7 Å². The van der Waals surface area contributed by atoms with Gasteiger partial charge in [-0.3, -0.25) is 9.79 Å². The standard InChI is InChI=1S/C22H21F3N4O2.HI/c1-26-21(28-14-16-4-2-5-17(12-16)22(23,24)25)27-13-15-7-9-18(10-8-15)29-20(30)19-6-3-11-31-19;/h2-12H,13-14H2,1H3,(H,29,30)(H2,26,27,28);1H. The van der Waals surface area contributed by atoms with E-state index in [1.54, 1.807) is 37.4 Å². The quantitative estimate of drug-likeness (QED) is 0.225. The van der Waals surface area contributed by atoms with E-state index in [0.29, 0.717) is 23.8 Å². The predicted molar refractivity (Wildman–Crippen MR) is 127 cm³/mol. The van der Waals surface area contributed by atoms with Crippen molar-refractivity contribution in [2.24, 2.45) is 4.99 Å². The van der Waals surface area contributed by atoms with Crippen molar-refractivity contribution in [1.29, 1.82) is 0 Å². The number of alkyl halides is 3. The molecule has 0 spiro atoms. The van der Waals surface area contributed by atoms with E-state index in [2.05, 4.69) is 20.9 Å². The third-order valence-electron chi connectivity index (χ3n) is 4.35. The van der Waals surface area contributed by atoms with Crippen molar-refractivity contribution in [2.75, 3.05) is 12.4 Å². The van der Waals surface area contributed by atoms with Crippen LogP contribution in [0.15, 0.2) is 76.3 Å². The second-order valence-electron chi connectivity index (χ2n) is 6.61. The van der Waals surface area contributed by atoms with E-state index in [1.165, 1.54) is 12.3 Å². The number of anilines is 1. The molecule has 32 heavy (non-hydrogen) atoms. The Bertz CT molecular complexity index is 1040. The van der Waals surface area contributed by atoms with Crippen molar-refractivity contribution < 1.29 is 22.4 Å². The molecule has 0 unspecified atom stereocenters. The number of nitrogens with zero attached hydrogens (tertiary/aromatic N) is 1. The number of hydrogen-bond acceptors (Lipinski definition) is 3. The van der Waals surface area contributed by atoms with Crippen molar-refractivity contribution in [3.8, 4) is 0 Å². The molecule has 0 atom stereocenters. The minimum atomic E-state index is -4.38. The average Bonchev–Trinajstić information content (AvgIpc) is 3.30. The third-order valence-corrected chi connectivity index (χ3v) is 4.35. The lowest BCUT2D eigenvalue weighted by molar-refractivity contribution is -0.137. The molecule has 0 aliphatic heterocycles. The Morgan fingerprint density at radius 1 is 0.969 bits per heavy atom. The minimum Gasteiger partial charge on any atom is -0.459 e. The summed E-state index contributed by atoms with van der Waals surface area (Å²) in [6.07, 6.45) is -2.95. The highest BCUT2D eigenvalue weighted by molar-refractivity contribution is 14.0. The van der Waals surface area contributed by atoms with Crippen molar-refractivity contribution >= 4 is 41.5 Å². The number of carbonyl (C=O) groups is 1. The normalized spacial score (nSPS) is 11.4. The van der Waals surface area contributed by atoms with E-state index < -0.39 is 11.7 Å². The number of aliphatic imine (C=N–C) groups is 1. The molecule has 0 fully saturated rings. The number of amides is 1. The van der Waals surface area contributed by atoms with Gasteiger partial charge in [0, 0.05) is 25.8 Å². The first-order valence-corrected chi connectivity index (χ1v) is 9.39. The molecule has 0 aliphatic carbocycles. The molecule has 0 aliphatic rings. The van der Waals surface area contributed by atoms with Crippen LogP contribution in [-0.4, -0.2) is 18.9 Å². The Morgan fingerprint density at radius 3 is 2.25 bits per heavy atom. The van der Waals surface area contributed by atoms with Crippen molar-refractivity contribution in [3.05, 3.63) is 89.4 Å². The number of rotatable bonds is 6. The molecule has 10 heteroatoms. The van der Waals surface area contributed by atoms with Crippen LogP contribution in [0, 0.1) is 0 Å². The van der Waals surface area contributed by atoms with Crippen LogP contribution >= 0.6 is 24.0 Å². The van der Waals surface area contributed by atoms with E-state index in [9.17, 15) is 18.0 Å². The van der Waals surface area contributed by atoms with Crippen LogP contribution in [0.5, 0.6) is 0 Å². The molecule has 6 nitrogen and oxygen atoms in total. The zero-order valence-electron chi connectivity index (χ0n) is 17.1. The lowest BCUT2D eigenvalue weighted by atomic mass is 10.1. The van der Waals surface area contributed by atoms with E-state index in [0.717, 1.165) is 17.7 Å². The fourth-order valence-electron chi connectivity index (χ4n) is 2.76. The topological polar surface area (TPSA) is 78.7 Å². The van der Waals surface area contributed by atoms with Gasteiger partial charge in [0.2, 0.25) is 0 Å². The number of nitrogens with one attached hydrogen (secondary N) is 3. The summed E-state index contributed by atoms with van der Waals surface area (Å²) in [5.74, 6) is 0.337. The highest BCUT2D eigenvalue weighted by Gasteiger charge is 2.30. The molecule has 3 rings (SSSR count). The summed E-state index contributed by atoms with van der Waals surface area (Å²) in [5, 5.41) is 8.82. The summed E-state index contributed by atoms with van der Waals surface area (Å²) >= 11 is 0. The lowest BCUT2D eigenvalue weighted by Gasteiger charge is -2.13. The first-order chi connectivity index (χ1) is 14.8. The maximum absolute atomic E-state index is 12.8. The molecule has 1 heterocycles. The summed E-state index contributed by atoms with van der Waals surface area (Å²) < 4.78 is 43.5. The first kappa shape index (κ1) is 25.2. The fourth-order valence-corrected chi connectivity index (χ4v) is 2.76. The second kappa shape index (κ2) is 11.6. The molecule has 0 saturated carbocycles. The number of furan rings is 1. The van der Waals surface area contributed by atoms with Crippen LogP contribution in [-0.2, 0) is 19.3 Å². The summed E-state index contributed by atoms with van der Waals surface area (Å²) in [6.45, 7) is 0.635. The van der Waals surface area contributed by atoms with Crippen molar-refractivity contribution in [3.63, 3.8) is 0 Å². The molecule has 0 bridgehead atoms. The molecule has 0 saturated heterocycles. The van der Waals surface area contributed by atoms with Gasteiger partial charge in [-0.2, -0.15) is 13.2 Å². The fraction of sp³-hybridized carbons (Fsp3) is 0.182. The highest BCUT2D eigenvalue weighted by Crippen LogP contribution is 2.29. The zero-order chi connectivity index (χ0) is 22.3. The molecular weight excluding hydrogens is 536 g/mol. The Hall–Kier alpha value is -3.02. The highest BCUT2D eigenvalue weighted by atomic mass is 127. The Kier molecular flexibility index (Phi) is 9.12. The Labute approximate surface area is 200 Å². The van der Waals surface area contributed by atoms with Crippen LogP contribution in [0.1, 0.15) is 27.2 Å². The maximum atomic E-state index is 12.8. The number of carbonyl (C=O) groups excluding carboxylic acids is 1. The summed E-state index contributed by atoms with van der Waals surface area (Å²) in [7, 11) is 1.58.